The highest BCUT2D eigenvalue weighted by Crippen LogP contribution is 2.16. The molecule has 1 amide bonds. The minimum absolute atomic E-state index is 0.124. The summed E-state index contributed by atoms with van der Waals surface area (Å²) in [6.07, 6.45) is -0.179. The Morgan fingerprint density at radius 1 is 1.32 bits per heavy atom. The van der Waals surface area contributed by atoms with E-state index in [1.165, 1.54) is 0 Å². The van der Waals surface area contributed by atoms with Gasteiger partial charge in [-0.05, 0) is 5.56 Å². The Bertz CT molecular complexity index is 606. The quantitative estimate of drug-likeness (QED) is 0.837. The lowest BCUT2D eigenvalue weighted by Crippen LogP contribution is -2.41. The van der Waals surface area contributed by atoms with Gasteiger partial charge in [-0.15, -0.1) is 0 Å². The molecule has 0 saturated carbocycles. The number of carbonyl (C=O) groups excluding carboxylic acids is 1. The van der Waals surface area contributed by atoms with Crippen LogP contribution in [0.4, 0.5) is 4.39 Å². The van der Waals surface area contributed by atoms with Crippen LogP contribution in [-0.2, 0) is 21.2 Å². The maximum Gasteiger partial charge on any atom is 0.221 e. The van der Waals surface area contributed by atoms with Crippen LogP contribution in [0.1, 0.15) is 12.0 Å². The zero-order valence-electron chi connectivity index (χ0n) is 12.5. The molecule has 1 N–H and O–H groups in total. The first-order chi connectivity index (χ1) is 10.3. The van der Waals surface area contributed by atoms with E-state index in [0.29, 0.717) is 13.1 Å². The second-order valence-corrected chi connectivity index (χ2v) is 8.01. The molecular formula is C15H21FN2O3S. The van der Waals surface area contributed by atoms with Crippen molar-refractivity contribution in [3.63, 3.8) is 0 Å². The zero-order valence-corrected chi connectivity index (χ0v) is 13.4. The number of rotatable bonds is 6. The van der Waals surface area contributed by atoms with Crippen molar-refractivity contribution in [1.29, 1.82) is 0 Å². The summed E-state index contributed by atoms with van der Waals surface area (Å²) >= 11 is 0. The van der Waals surface area contributed by atoms with Gasteiger partial charge in [0.2, 0.25) is 5.91 Å². The summed E-state index contributed by atoms with van der Waals surface area (Å²) < 4.78 is 36.1. The van der Waals surface area contributed by atoms with Crippen LogP contribution < -0.4 is 5.32 Å². The van der Waals surface area contributed by atoms with E-state index in [0.717, 1.165) is 11.8 Å². The first-order valence-corrected chi connectivity index (χ1v) is 9.27. The summed E-state index contributed by atoms with van der Waals surface area (Å²) in [6.45, 7) is 1.34. The van der Waals surface area contributed by atoms with Gasteiger partial charge in [-0.25, -0.2) is 12.8 Å². The van der Waals surface area contributed by atoms with Gasteiger partial charge in [0.25, 0.3) is 0 Å². The largest absolute Gasteiger partial charge is 0.349 e. The van der Waals surface area contributed by atoms with Gasteiger partial charge >= 0.3 is 0 Å². The lowest BCUT2D eigenvalue weighted by atomic mass is 10.2. The number of carbonyl (C=O) groups is 1. The second-order valence-electron chi connectivity index (χ2n) is 5.75. The molecule has 0 aliphatic carbocycles. The highest BCUT2D eigenvalue weighted by molar-refractivity contribution is 7.90. The van der Waals surface area contributed by atoms with E-state index in [1.54, 1.807) is 0 Å². The second kappa shape index (κ2) is 7.19. The molecule has 122 valence electrons. The fourth-order valence-electron chi connectivity index (χ4n) is 2.50. The van der Waals surface area contributed by atoms with E-state index >= 15 is 0 Å². The van der Waals surface area contributed by atoms with Gasteiger partial charge in [0, 0.05) is 32.3 Å². The number of amides is 1. The molecule has 1 aliphatic rings. The Labute approximate surface area is 130 Å². The third kappa shape index (κ3) is 5.38. The Balaban J connectivity index is 1.82. The van der Waals surface area contributed by atoms with E-state index in [2.05, 4.69) is 5.32 Å². The van der Waals surface area contributed by atoms with Crippen LogP contribution in [0, 0.1) is 0 Å². The molecule has 0 bridgehead atoms. The number of hydrogen-bond acceptors (Lipinski definition) is 4. The van der Waals surface area contributed by atoms with Crippen molar-refractivity contribution >= 4 is 15.7 Å². The van der Waals surface area contributed by atoms with Crippen molar-refractivity contribution in [2.45, 2.75) is 25.2 Å². The Hall–Kier alpha value is -1.47. The van der Waals surface area contributed by atoms with Gasteiger partial charge in [0.1, 0.15) is 16.0 Å². The van der Waals surface area contributed by atoms with Crippen LogP contribution in [0.5, 0.6) is 0 Å². The molecule has 0 spiro atoms. The summed E-state index contributed by atoms with van der Waals surface area (Å²) in [7, 11) is -3.18. The third-order valence-electron chi connectivity index (χ3n) is 3.62. The summed E-state index contributed by atoms with van der Waals surface area (Å²) in [5.74, 6) is -0.629. The molecule has 0 radical (unpaired) electrons. The number of likely N-dealkylation sites (tertiary alicyclic amines) is 1. The van der Waals surface area contributed by atoms with Gasteiger partial charge in [-0.2, -0.15) is 0 Å². The van der Waals surface area contributed by atoms with Gasteiger partial charge in [0.15, 0.2) is 0 Å². The number of sulfone groups is 1. The maximum absolute atomic E-state index is 14.0. The van der Waals surface area contributed by atoms with E-state index < -0.39 is 28.0 Å². The fraction of sp³-hybridized carbons (Fsp3) is 0.533. The molecule has 1 aromatic rings. The average Bonchev–Trinajstić information content (AvgIpc) is 2.77. The first kappa shape index (κ1) is 16.9. The average molecular weight is 328 g/mol. The minimum Gasteiger partial charge on any atom is -0.349 e. The molecular weight excluding hydrogens is 307 g/mol. The predicted octanol–water partition coefficient (Wildman–Crippen LogP) is 0.760. The molecule has 2 rings (SSSR count). The standard InChI is InChI=1S/C15H21FN2O3S/c1-22(20,21)8-7-15(19)17-14-11-18(10-13(14)16)9-12-5-3-2-4-6-12/h2-6,13-14H,7-11H2,1H3,(H,17,19). The minimum atomic E-state index is -3.18. The van der Waals surface area contributed by atoms with E-state index in [9.17, 15) is 17.6 Å². The molecule has 2 atom stereocenters. The Morgan fingerprint density at radius 3 is 2.64 bits per heavy atom. The monoisotopic (exact) mass is 328 g/mol. The van der Waals surface area contributed by atoms with Gasteiger partial charge in [-0.1, -0.05) is 30.3 Å². The Morgan fingerprint density at radius 2 is 2.00 bits per heavy atom. The van der Waals surface area contributed by atoms with E-state index in [-0.39, 0.29) is 18.7 Å². The SMILES string of the molecule is CS(=O)(=O)CCC(=O)NC1CN(Cc2ccccc2)CC1F. The van der Waals surface area contributed by atoms with Crippen molar-refractivity contribution in [1.82, 2.24) is 10.2 Å². The van der Waals surface area contributed by atoms with E-state index in [1.807, 2.05) is 35.2 Å². The van der Waals surface area contributed by atoms with Crippen LogP contribution in [-0.4, -0.2) is 56.5 Å². The molecule has 7 heteroatoms. The molecule has 1 fully saturated rings. The van der Waals surface area contributed by atoms with Crippen LogP contribution in [0.3, 0.4) is 0 Å². The number of benzene rings is 1. The van der Waals surface area contributed by atoms with Crippen molar-refractivity contribution in [3.05, 3.63) is 35.9 Å². The number of halogens is 1. The molecule has 2 unspecified atom stereocenters. The number of alkyl halides is 1. The van der Waals surface area contributed by atoms with Gasteiger partial charge in [0.05, 0.1) is 11.8 Å². The lowest BCUT2D eigenvalue weighted by molar-refractivity contribution is -0.121. The van der Waals surface area contributed by atoms with Crippen LogP contribution in [0.2, 0.25) is 0 Å². The zero-order chi connectivity index (χ0) is 16.2. The fourth-order valence-corrected chi connectivity index (χ4v) is 3.06. The normalized spacial score (nSPS) is 22.6. The van der Waals surface area contributed by atoms with Crippen molar-refractivity contribution in [2.75, 3.05) is 25.1 Å². The molecule has 1 heterocycles. The van der Waals surface area contributed by atoms with Crippen LogP contribution in [0.15, 0.2) is 30.3 Å². The predicted molar refractivity (Wildman–Crippen MR) is 82.9 cm³/mol. The molecule has 22 heavy (non-hydrogen) atoms. The van der Waals surface area contributed by atoms with Crippen LogP contribution >= 0.6 is 0 Å². The highest BCUT2D eigenvalue weighted by atomic mass is 32.2. The van der Waals surface area contributed by atoms with E-state index in [4.69, 9.17) is 0 Å². The molecule has 1 aromatic carbocycles. The smallest absolute Gasteiger partial charge is 0.221 e. The highest BCUT2D eigenvalue weighted by Gasteiger charge is 2.33. The summed E-state index contributed by atoms with van der Waals surface area (Å²) in [5.41, 5.74) is 1.10. The molecule has 0 aromatic heterocycles. The molecule has 1 aliphatic heterocycles. The summed E-state index contributed by atoms with van der Waals surface area (Å²) in [5, 5.41) is 2.60. The number of hydrogen-bond donors (Lipinski definition) is 1. The lowest BCUT2D eigenvalue weighted by Gasteiger charge is -2.16. The third-order valence-corrected chi connectivity index (χ3v) is 4.57. The maximum atomic E-state index is 14.0. The number of nitrogens with one attached hydrogen (secondary N) is 1. The molecule has 5 nitrogen and oxygen atoms in total. The van der Waals surface area contributed by atoms with Gasteiger partial charge in [-0.3, -0.25) is 9.69 Å². The Kier molecular flexibility index (Phi) is 5.52. The topological polar surface area (TPSA) is 66.5 Å². The van der Waals surface area contributed by atoms with Gasteiger partial charge < -0.3 is 5.32 Å². The van der Waals surface area contributed by atoms with Crippen molar-refractivity contribution < 1.29 is 17.6 Å². The summed E-state index contributed by atoms with van der Waals surface area (Å²) in [6, 6.07) is 9.17. The van der Waals surface area contributed by atoms with Crippen molar-refractivity contribution in [2.24, 2.45) is 0 Å². The summed E-state index contributed by atoms with van der Waals surface area (Å²) in [4.78, 5) is 13.6. The number of nitrogens with zero attached hydrogens (tertiary/aromatic N) is 1. The van der Waals surface area contributed by atoms with Crippen LogP contribution in [0.25, 0.3) is 0 Å². The molecule has 1 saturated heterocycles. The first-order valence-electron chi connectivity index (χ1n) is 7.21. The van der Waals surface area contributed by atoms with Crippen molar-refractivity contribution in [3.8, 4) is 0 Å².